The molecule has 0 aromatic heterocycles. The molecule has 0 amide bonds. The number of hydrogen-bond donors (Lipinski definition) is 0. The maximum absolute atomic E-state index is 9.53. The molecule has 0 atom stereocenters. The Balaban J connectivity index is 1.58. The van der Waals surface area contributed by atoms with Crippen LogP contribution >= 0.6 is 0 Å². The Morgan fingerprint density at radius 1 is 0.862 bits per heavy atom. The average molecular weight is 390 g/mol. The second-order valence-corrected chi connectivity index (χ2v) is 8.46. The number of ether oxygens (including phenoxy) is 1. The first-order valence-electron chi connectivity index (χ1n) is 11.5. The Kier molecular flexibility index (Phi) is 8.17. The molecule has 0 aliphatic heterocycles. The molecule has 0 saturated heterocycles. The van der Waals surface area contributed by atoms with Crippen molar-refractivity contribution in [3.63, 3.8) is 0 Å². The minimum Gasteiger partial charge on any atom is -0.492 e. The van der Waals surface area contributed by atoms with Crippen molar-refractivity contribution < 1.29 is 4.74 Å². The van der Waals surface area contributed by atoms with Gasteiger partial charge in [0, 0.05) is 0 Å². The lowest BCUT2D eigenvalue weighted by Gasteiger charge is -2.29. The number of benzene rings is 2. The van der Waals surface area contributed by atoms with Crippen molar-refractivity contribution in [2.45, 2.75) is 83.5 Å². The summed E-state index contributed by atoms with van der Waals surface area (Å²) in [7, 11) is 0. The van der Waals surface area contributed by atoms with Crippen LogP contribution in [0.2, 0.25) is 0 Å². The normalized spacial score (nSPS) is 18.9. The van der Waals surface area contributed by atoms with Crippen molar-refractivity contribution in [2.24, 2.45) is 0 Å². The number of nitriles is 1. The highest BCUT2D eigenvalue weighted by Crippen LogP contribution is 2.41. The van der Waals surface area contributed by atoms with E-state index >= 15 is 0 Å². The van der Waals surface area contributed by atoms with Crippen molar-refractivity contribution in [3.05, 3.63) is 64.7 Å². The van der Waals surface area contributed by atoms with Crippen LogP contribution in [0.4, 0.5) is 0 Å². The van der Waals surface area contributed by atoms with Crippen LogP contribution in [0.3, 0.4) is 0 Å². The van der Waals surface area contributed by atoms with E-state index in [0.717, 1.165) is 18.6 Å². The zero-order valence-electron chi connectivity index (χ0n) is 18.1. The van der Waals surface area contributed by atoms with E-state index in [2.05, 4.69) is 56.3 Å². The summed E-state index contributed by atoms with van der Waals surface area (Å²) in [5.74, 6) is 1.98. The molecule has 29 heavy (non-hydrogen) atoms. The Hall–Kier alpha value is -2.27. The van der Waals surface area contributed by atoms with E-state index in [0.29, 0.717) is 24.0 Å². The highest BCUT2D eigenvalue weighted by atomic mass is 16.5. The fourth-order valence-corrected chi connectivity index (χ4v) is 4.44. The number of hydrogen-bond acceptors (Lipinski definition) is 2. The first-order valence-corrected chi connectivity index (χ1v) is 11.5. The minimum atomic E-state index is 0.562. The maximum atomic E-state index is 9.53. The third-order valence-electron chi connectivity index (χ3n) is 6.35. The third kappa shape index (κ3) is 5.86. The summed E-state index contributed by atoms with van der Waals surface area (Å²) in [6, 6.07) is 17.9. The standard InChI is InChI=1S/C27H35NO/c1-3-5-7-21-8-10-22(11-9-21)23-12-14-24(15-13-23)25-16-17-27(26(19-25)20-28)29-18-6-4-2/h8-11,16-17,19,23-24H,3-7,12-15,18H2,1-2H3/t23-,24-. The molecular weight excluding hydrogens is 354 g/mol. The van der Waals surface area contributed by atoms with Crippen molar-refractivity contribution in [2.75, 3.05) is 6.61 Å². The Bertz CT molecular complexity index is 794. The third-order valence-corrected chi connectivity index (χ3v) is 6.35. The molecule has 2 aromatic rings. The Morgan fingerprint density at radius 3 is 2.10 bits per heavy atom. The van der Waals surface area contributed by atoms with E-state index in [1.54, 1.807) is 0 Å². The summed E-state index contributed by atoms with van der Waals surface area (Å²) in [6.07, 6.45) is 10.7. The van der Waals surface area contributed by atoms with Crippen LogP contribution in [0.15, 0.2) is 42.5 Å². The quantitative estimate of drug-likeness (QED) is 0.415. The zero-order valence-corrected chi connectivity index (χ0v) is 18.1. The van der Waals surface area contributed by atoms with Gasteiger partial charge in [0.25, 0.3) is 0 Å². The fourth-order valence-electron chi connectivity index (χ4n) is 4.44. The number of aryl methyl sites for hydroxylation is 1. The topological polar surface area (TPSA) is 33.0 Å². The molecule has 0 heterocycles. The van der Waals surface area contributed by atoms with Crippen molar-refractivity contribution in [1.82, 2.24) is 0 Å². The predicted molar refractivity (Wildman–Crippen MR) is 121 cm³/mol. The van der Waals surface area contributed by atoms with E-state index in [1.165, 1.54) is 61.6 Å². The first kappa shape index (κ1) is 21.4. The molecule has 0 radical (unpaired) electrons. The van der Waals surface area contributed by atoms with Gasteiger partial charge in [-0.25, -0.2) is 0 Å². The maximum Gasteiger partial charge on any atom is 0.137 e. The first-order chi connectivity index (χ1) is 14.2. The largest absolute Gasteiger partial charge is 0.492 e. The van der Waals surface area contributed by atoms with Gasteiger partial charge in [-0.1, -0.05) is 57.0 Å². The van der Waals surface area contributed by atoms with E-state index < -0.39 is 0 Å². The fraction of sp³-hybridized carbons (Fsp3) is 0.519. The van der Waals surface area contributed by atoms with Gasteiger partial charge in [-0.3, -0.25) is 0 Å². The van der Waals surface area contributed by atoms with Gasteiger partial charge in [-0.15, -0.1) is 0 Å². The van der Waals surface area contributed by atoms with Crippen LogP contribution in [0.1, 0.15) is 99.3 Å². The van der Waals surface area contributed by atoms with Gasteiger partial charge in [0.15, 0.2) is 0 Å². The number of unbranched alkanes of at least 4 members (excludes halogenated alkanes) is 2. The molecular formula is C27H35NO. The summed E-state index contributed by atoms with van der Waals surface area (Å²) in [5.41, 5.74) is 4.96. The molecule has 2 nitrogen and oxygen atoms in total. The lowest BCUT2D eigenvalue weighted by atomic mass is 9.76. The lowest BCUT2D eigenvalue weighted by Crippen LogP contribution is -2.12. The monoisotopic (exact) mass is 389 g/mol. The van der Waals surface area contributed by atoms with Crippen LogP contribution in [-0.4, -0.2) is 6.61 Å². The van der Waals surface area contributed by atoms with Gasteiger partial charge >= 0.3 is 0 Å². The molecule has 0 spiro atoms. The van der Waals surface area contributed by atoms with Gasteiger partial charge in [0.1, 0.15) is 11.8 Å². The van der Waals surface area contributed by atoms with E-state index in [-0.39, 0.29) is 0 Å². The smallest absolute Gasteiger partial charge is 0.137 e. The molecule has 0 bridgehead atoms. The molecule has 0 unspecified atom stereocenters. The van der Waals surface area contributed by atoms with Gasteiger partial charge in [0.2, 0.25) is 0 Å². The van der Waals surface area contributed by atoms with Crippen molar-refractivity contribution in [1.29, 1.82) is 5.26 Å². The van der Waals surface area contributed by atoms with Crippen molar-refractivity contribution >= 4 is 0 Å². The van der Waals surface area contributed by atoms with Gasteiger partial charge in [-0.05, 0) is 85.6 Å². The second kappa shape index (κ2) is 11.1. The average Bonchev–Trinajstić information content (AvgIpc) is 2.78. The predicted octanol–water partition coefficient (Wildman–Crippen LogP) is 7.52. The van der Waals surface area contributed by atoms with Crippen LogP contribution in [-0.2, 0) is 6.42 Å². The molecule has 154 valence electrons. The van der Waals surface area contributed by atoms with E-state index in [1.807, 2.05) is 6.07 Å². The number of rotatable bonds is 9. The van der Waals surface area contributed by atoms with E-state index in [9.17, 15) is 5.26 Å². The van der Waals surface area contributed by atoms with Crippen molar-refractivity contribution in [3.8, 4) is 11.8 Å². The number of nitrogens with zero attached hydrogens (tertiary/aromatic N) is 1. The van der Waals surface area contributed by atoms with Crippen LogP contribution in [0.5, 0.6) is 5.75 Å². The van der Waals surface area contributed by atoms with Gasteiger partial charge in [0.05, 0.1) is 12.2 Å². The summed E-state index contributed by atoms with van der Waals surface area (Å²) < 4.78 is 5.80. The molecule has 1 aliphatic rings. The Labute approximate surface area is 176 Å². The van der Waals surface area contributed by atoms with Crippen LogP contribution in [0, 0.1) is 11.3 Å². The SMILES string of the molecule is CCCCOc1ccc([C@H]2CC[C@H](c3ccc(CCCC)cc3)CC2)cc1C#N. The molecule has 1 aliphatic carbocycles. The summed E-state index contributed by atoms with van der Waals surface area (Å²) in [4.78, 5) is 0. The molecule has 2 heteroatoms. The molecule has 1 fully saturated rings. The van der Waals surface area contributed by atoms with Gasteiger partial charge < -0.3 is 4.74 Å². The second-order valence-electron chi connectivity index (χ2n) is 8.46. The summed E-state index contributed by atoms with van der Waals surface area (Å²) in [6.45, 7) is 5.08. The molecule has 3 rings (SSSR count). The molecule has 2 aromatic carbocycles. The minimum absolute atomic E-state index is 0.562. The summed E-state index contributed by atoms with van der Waals surface area (Å²) in [5, 5.41) is 9.53. The van der Waals surface area contributed by atoms with Crippen LogP contribution in [0.25, 0.3) is 0 Å². The van der Waals surface area contributed by atoms with E-state index in [4.69, 9.17) is 4.74 Å². The summed E-state index contributed by atoms with van der Waals surface area (Å²) >= 11 is 0. The molecule has 0 N–H and O–H groups in total. The van der Waals surface area contributed by atoms with Crippen LogP contribution < -0.4 is 4.74 Å². The lowest BCUT2D eigenvalue weighted by molar-refractivity contribution is 0.308. The zero-order chi connectivity index (χ0) is 20.5. The van der Waals surface area contributed by atoms with Gasteiger partial charge in [-0.2, -0.15) is 5.26 Å². The highest BCUT2D eigenvalue weighted by molar-refractivity contribution is 5.46. The highest BCUT2D eigenvalue weighted by Gasteiger charge is 2.24. The Morgan fingerprint density at radius 2 is 1.48 bits per heavy atom. The molecule has 1 saturated carbocycles.